The van der Waals surface area contributed by atoms with Gasteiger partial charge in [0.05, 0.1) is 13.3 Å². The van der Waals surface area contributed by atoms with Gasteiger partial charge in [-0.3, -0.25) is 0 Å². The van der Waals surface area contributed by atoms with E-state index >= 15 is 0 Å². The van der Waals surface area contributed by atoms with Crippen LogP contribution < -0.4 is 9.80 Å². The Morgan fingerprint density at radius 1 is 0.533 bits per heavy atom. The van der Waals surface area contributed by atoms with Crippen LogP contribution in [0.25, 0.3) is 0 Å². The van der Waals surface area contributed by atoms with Crippen molar-refractivity contribution in [3.63, 3.8) is 0 Å². The zero-order valence-corrected chi connectivity index (χ0v) is 19.2. The number of aryl methyl sites for hydroxylation is 6. The molecule has 30 heavy (non-hydrogen) atoms. The van der Waals surface area contributed by atoms with Crippen molar-refractivity contribution in [1.29, 1.82) is 0 Å². The van der Waals surface area contributed by atoms with E-state index in [1.165, 1.54) is 44.8 Å². The highest BCUT2D eigenvalue weighted by Gasteiger charge is 2.20. The van der Waals surface area contributed by atoms with Crippen molar-refractivity contribution in [2.24, 2.45) is 0 Å². The lowest BCUT2D eigenvalue weighted by Gasteiger charge is -2.27. The topological polar surface area (TPSA) is 13.0 Å². The Morgan fingerprint density at radius 3 is 1.20 bits per heavy atom. The van der Waals surface area contributed by atoms with Crippen LogP contribution in [0.5, 0.6) is 0 Å². The summed E-state index contributed by atoms with van der Waals surface area (Å²) < 4.78 is 0. The van der Waals surface area contributed by atoms with Gasteiger partial charge < -0.3 is 19.6 Å². The number of nitrogens with zero attached hydrogens (tertiary/aromatic N) is 4. The third-order valence-corrected chi connectivity index (χ3v) is 6.10. The van der Waals surface area contributed by atoms with Gasteiger partial charge in [-0.2, -0.15) is 0 Å². The Balaban J connectivity index is 1.33. The number of benzene rings is 2. The van der Waals surface area contributed by atoms with Crippen molar-refractivity contribution in [3.8, 4) is 0 Å². The van der Waals surface area contributed by atoms with Gasteiger partial charge in [-0.15, -0.1) is 0 Å². The molecule has 2 heterocycles. The summed E-state index contributed by atoms with van der Waals surface area (Å²) in [7, 11) is 0. The predicted molar refractivity (Wildman–Crippen MR) is 128 cm³/mol. The minimum Gasteiger partial charge on any atom is -0.356 e. The van der Waals surface area contributed by atoms with Gasteiger partial charge in [0.1, 0.15) is 0 Å². The maximum Gasteiger partial charge on any atom is 0.0942 e. The smallest absolute Gasteiger partial charge is 0.0942 e. The van der Waals surface area contributed by atoms with Crippen molar-refractivity contribution in [3.05, 3.63) is 82.4 Å². The molecule has 0 aromatic heterocycles. The molecule has 0 fully saturated rings. The van der Waals surface area contributed by atoms with E-state index in [1.807, 2.05) is 0 Å². The van der Waals surface area contributed by atoms with E-state index in [4.69, 9.17) is 0 Å². The Kier molecular flexibility index (Phi) is 5.50. The van der Waals surface area contributed by atoms with Crippen molar-refractivity contribution in [2.45, 2.75) is 41.5 Å². The summed E-state index contributed by atoms with van der Waals surface area (Å²) in [6.07, 6.45) is 8.89. The molecule has 4 heteroatoms. The van der Waals surface area contributed by atoms with E-state index < -0.39 is 0 Å². The van der Waals surface area contributed by atoms with E-state index in [2.05, 4.69) is 110 Å². The first-order valence-corrected chi connectivity index (χ1v) is 10.9. The molecule has 2 aliphatic rings. The molecule has 0 spiro atoms. The van der Waals surface area contributed by atoms with E-state index in [9.17, 15) is 0 Å². The van der Waals surface area contributed by atoms with Crippen LogP contribution in [0.4, 0.5) is 11.4 Å². The molecule has 0 radical (unpaired) electrons. The van der Waals surface area contributed by atoms with Gasteiger partial charge in [-0.1, -0.05) is 35.4 Å². The number of rotatable bonds is 5. The minimum atomic E-state index is 0.919. The average molecular weight is 403 g/mol. The third kappa shape index (κ3) is 4.04. The van der Waals surface area contributed by atoms with Crippen LogP contribution in [0, 0.1) is 41.5 Å². The molecule has 0 saturated heterocycles. The Morgan fingerprint density at radius 2 is 0.867 bits per heavy atom. The normalized spacial score (nSPS) is 15.8. The number of hydrogen-bond donors (Lipinski definition) is 0. The predicted octanol–water partition coefficient (Wildman–Crippen LogP) is 5.34. The fraction of sp³-hybridized carbons (Fsp3) is 0.385. The fourth-order valence-electron chi connectivity index (χ4n) is 5.02. The van der Waals surface area contributed by atoms with Gasteiger partial charge in [0, 0.05) is 49.3 Å². The molecule has 2 aliphatic heterocycles. The Bertz CT molecular complexity index is 877. The Labute approximate surface area is 181 Å². The van der Waals surface area contributed by atoms with Gasteiger partial charge in [0.15, 0.2) is 0 Å². The van der Waals surface area contributed by atoms with Crippen LogP contribution >= 0.6 is 0 Å². The van der Waals surface area contributed by atoms with Crippen molar-refractivity contribution in [1.82, 2.24) is 9.80 Å². The summed E-state index contributed by atoms with van der Waals surface area (Å²) in [6.45, 7) is 17.1. The maximum absolute atomic E-state index is 2.40. The second-order valence-electron chi connectivity index (χ2n) is 8.94. The van der Waals surface area contributed by atoms with Gasteiger partial charge >= 0.3 is 0 Å². The lowest BCUT2D eigenvalue weighted by Crippen LogP contribution is -2.34. The molecule has 2 aromatic carbocycles. The van der Waals surface area contributed by atoms with Gasteiger partial charge in [-0.05, 0) is 63.8 Å². The van der Waals surface area contributed by atoms with E-state index in [0.717, 1.165) is 26.4 Å². The highest BCUT2D eigenvalue weighted by atomic mass is 15.4. The highest BCUT2D eigenvalue weighted by Crippen LogP contribution is 2.30. The lowest BCUT2D eigenvalue weighted by molar-refractivity contribution is 0.322. The number of anilines is 2. The molecule has 0 atom stereocenters. The van der Waals surface area contributed by atoms with E-state index in [1.54, 1.807) is 0 Å². The molecule has 2 aromatic rings. The van der Waals surface area contributed by atoms with Crippen LogP contribution in [-0.2, 0) is 0 Å². The van der Waals surface area contributed by atoms with Crippen LogP contribution in [0.1, 0.15) is 33.4 Å². The summed E-state index contributed by atoms with van der Waals surface area (Å²) >= 11 is 0. The minimum absolute atomic E-state index is 0.919. The SMILES string of the molecule is Cc1cc(C)c(N2C=CN(CCN3C=CN(c4c(C)cc(C)cc4C)C3)C2)c(C)c1. The molecule has 0 aliphatic carbocycles. The summed E-state index contributed by atoms with van der Waals surface area (Å²) in [5, 5.41) is 0. The molecule has 4 rings (SSSR count). The van der Waals surface area contributed by atoms with Gasteiger partial charge in [0.2, 0.25) is 0 Å². The van der Waals surface area contributed by atoms with Crippen LogP contribution in [0.3, 0.4) is 0 Å². The summed E-state index contributed by atoms with van der Waals surface area (Å²) in [6, 6.07) is 9.10. The monoisotopic (exact) mass is 402 g/mol. The highest BCUT2D eigenvalue weighted by molar-refractivity contribution is 5.63. The lowest BCUT2D eigenvalue weighted by atomic mass is 10.0. The molecular formula is C26H34N4. The quantitative estimate of drug-likeness (QED) is 0.669. The molecular weight excluding hydrogens is 368 g/mol. The first-order valence-electron chi connectivity index (χ1n) is 10.9. The van der Waals surface area contributed by atoms with E-state index in [0.29, 0.717) is 0 Å². The zero-order chi connectivity index (χ0) is 21.4. The van der Waals surface area contributed by atoms with Crippen molar-refractivity contribution in [2.75, 3.05) is 36.2 Å². The third-order valence-electron chi connectivity index (χ3n) is 6.10. The fourth-order valence-corrected chi connectivity index (χ4v) is 5.02. The first-order chi connectivity index (χ1) is 14.3. The van der Waals surface area contributed by atoms with E-state index in [-0.39, 0.29) is 0 Å². The molecule has 0 amide bonds. The van der Waals surface area contributed by atoms with Crippen molar-refractivity contribution < 1.29 is 0 Å². The number of hydrogen-bond acceptors (Lipinski definition) is 4. The average Bonchev–Trinajstić information content (AvgIpc) is 3.28. The molecule has 158 valence electrons. The molecule has 0 saturated carbocycles. The van der Waals surface area contributed by atoms with Crippen LogP contribution in [-0.4, -0.2) is 36.2 Å². The summed E-state index contributed by atoms with van der Waals surface area (Å²) in [4.78, 5) is 9.54. The second-order valence-corrected chi connectivity index (χ2v) is 8.94. The molecule has 4 nitrogen and oxygen atoms in total. The van der Waals surface area contributed by atoms with Crippen molar-refractivity contribution >= 4 is 11.4 Å². The Hall–Kier alpha value is -2.88. The second kappa shape index (κ2) is 8.10. The molecule has 0 unspecified atom stereocenters. The molecule has 0 bridgehead atoms. The maximum atomic E-state index is 2.40. The van der Waals surface area contributed by atoms with Gasteiger partial charge in [-0.25, -0.2) is 0 Å². The first kappa shape index (κ1) is 20.4. The largest absolute Gasteiger partial charge is 0.356 e. The summed E-state index contributed by atoms with van der Waals surface area (Å²) in [5.74, 6) is 0. The summed E-state index contributed by atoms with van der Waals surface area (Å²) in [5.41, 5.74) is 10.7. The zero-order valence-electron chi connectivity index (χ0n) is 19.2. The van der Waals surface area contributed by atoms with Crippen LogP contribution in [0.2, 0.25) is 0 Å². The van der Waals surface area contributed by atoms with Gasteiger partial charge in [0.25, 0.3) is 0 Å². The molecule has 0 N–H and O–H groups in total. The standard InChI is InChI=1S/C26H34N4/c1-19-13-21(3)25(22(4)14-19)29-11-9-27(17-29)7-8-28-10-12-30(18-28)26-23(5)15-20(2)16-24(26)6/h9-16H,7-8,17-18H2,1-6H3. The van der Waals surface area contributed by atoms with Crippen LogP contribution in [0.15, 0.2) is 49.1 Å².